The molecule has 5 amide bonds. The van der Waals surface area contributed by atoms with Gasteiger partial charge in [0.05, 0.1) is 39.5 Å². The van der Waals surface area contributed by atoms with E-state index in [4.69, 9.17) is 15.3 Å². The summed E-state index contributed by atoms with van der Waals surface area (Å²) in [7, 11) is 0. The molecular formula is C38H67N7O27. The second-order valence-corrected chi connectivity index (χ2v) is 16.9. The van der Waals surface area contributed by atoms with Crippen molar-refractivity contribution in [3.8, 4) is 0 Å². The Morgan fingerprint density at radius 1 is 0.500 bits per heavy atom. The number of amides is 5. The van der Waals surface area contributed by atoms with E-state index < -0.39 is 223 Å². The fourth-order valence-corrected chi connectivity index (χ4v) is 7.31. The highest BCUT2D eigenvalue weighted by Gasteiger charge is 2.48. The first-order valence-corrected chi connectivity index (χ1v) is 21.7. The summed E-state index contributed by atoms with van der Waals surface area (Å²) < 4.78 is 0. The highest BCUT2D eigenvalue weighted by molar-refractivity contribution is 5.83. The van der Waals surface area contributed by atoms with Gasteiger partial charge in [-0.25, -0.2) is 4.79 Å². The van der Waals surface area contributed by atoms with Crippen LogP contribution in [0.1, 0.15) is 19.3 Å². The van der Waals surface area contributed by atoms with Crippen LogP contribution in [0.2, 0.25) is 0 Å². The maximum atomic E-state index is 13.9. The van der Waals surface area contributed by atoms with Crippen molar-refractivity contribution in [3.05, 3.63) is 0 Å². The van der Waals surface area contributed by atoms with Gasteiger partial charge in [0.1, 0.15) is 60.6 Å². The highest BCUT2D eigenvalue weighted by Crippen LogP contribution is 2.33. The van der Waals surface area contributed by atoms with Crippen LogP contribution in [0.4, 0.5) is 4.79 Å². The van der Waals surface area contributed by atoms with Gasteiger partial charge >= 0.3 is 24.0 Å². The molecule has 34 nitrogen and oxygen atoms in total. The van der Waals surface area contributed by atoms with Gasteiger partial charge < -0.3 is 118 Å². The van der Waals surface area contributed by atoms with Crippen molar-refractivity contribution in [1.29, 1.82) is 0 Å². The lowest BCUT2D eigenvalue weighted by atomic mass is 9.86. The maximum Gasteiger partial charge on any atom is 0.408 e. The van der Waals surface area contributed by atoms with Crippen molar-refractivity contribution in [1.82, 2.24) is 36.0 Å². The van der Waals surface area contributed by atoms with E-state index in [1.807, 2.05) is 16.0 Å². The van der Waals surface area contributed by atoms with Crippen molar-refractivity contribution in [3.63, 3.8) is 0 Å². The molecule has 23 N–H and O–H groups in total. The highest BCUT2D eigenvalue weighted by atomic mass is 16.4. The van der Waals surface area contributed by atoms with Crippen molar-refractivity contribution in [2.24, 2.45) is 5.41 Å². The van der Waals surface area contributed by atoms with Crippen molar-refractivity contribution >= 4 is 47.6 Å². The molecule has 72 heavy (non-hydrogen) atoms. The molecule has 0 aromatic carbocycles. The van der Waals surface area contributed by atoms with E-state index >= 15 is 0 Å². The lowest BCUT2D eigenvalue weighted by molar-refractivity contribution is -0.152. The van der Waals surface area contributed by atoms with Crippen LogP contribution in [0.15, 0.2) is 0 Å². The molecule has 13 atom stereocenters. The number of aliphatic hydroxyl groups is 15. The zero-order valence-electron chi connectivity index (χ0n) is 38.3. The number of hydrogen-bond acceptors (Lipinski definition) is 25. The summed E-state index contributed by atoms with van der Waals surface area (Å²) in [6.45, 7) is -11.8. The average molecular weight is 1050 g/mol. The fraction of sp³-hybridized carbons (Fsp3) is 0.789. The summed E-state index contributed by atoms with van der Waals surface area (Å²) in [4.78, 5) is 105. The lowest BCUT2D eigenvalue weighted by Gasteiger charge is -2.48. The Morgan fingerprint density at radius 2 is 0.861 bits per heavy atom. The Kier molecular flexibility index (Phi) is 27.2. The van der Waals surface area contributed by atoms with Gasteiger partial charge in [-0.15, -0.1) is 0 Å². The summed E-state index contributed by atoms with van der Waals surface area (Å²) in [5, 5.41) is 197. The van der Waals surface area contributed by atoms with Crippen LogP contribution in [0.3, 0.4) is 0 Å². The van der Waals surface area contributed by atoms with Crippen LogP contribution >= 0.6 is 0 Å². The van der Waals surface area contributed by atoms with Gasteiger partial charge in [-0.1, -0.05) is 0 Å². The molecule has 416 valence electrons. The van der Waals surface area contributed by atoms with Crippen LogP contribution in [0.5, 0.6) is 0 Å². The average Bonchev–Trinajstić information content (AvgIpc) is 3.53. The smallest absolute Gasteiger partial charge is 0.408 e. The minimum atomic E-state index is -2.68. The van der Waals surface area contributed by atoms with Gasteiger partial charge in [-0.3, -0.25) is 48.3 Å². The van der Waals surface area contributed by atoms with E-state index in [-0.39, 0.29) is 13.1 Å². The Balaban J connectivity index is 3.93. The number of aliphatic carboxylic acids is 3. The Morgan fingerprint density at radius 3 is 1.18 bits per heavy atom. The molecule has 13 unspecified atom stereocenters. The maximum absolute atomic E-state index is 13.9. The van der Waals surface area contributed by atoms with E-state index in [0.29, 0.717) is 4.90 Å². The van der Waals surface area contributed by atoms with Gasteiger partial charge in [0.25, 0.3) is 17.7 Å². The molecular weight excluding hydrogens is 986 g/mol. The molecule has 0 aromatic heterocycles. The zero-order valence-corrected chi connectivity index (χ0v) is 38.3. The minimum Gasteiger partial charge on any atom is -0.480 e. The summed E-state index contributed by atoms with van der Waals surface area (Å²) >= 11 is 0. The standard InChI is InChI=1S/C38H67N7O27/c46-10-17(49)24(59)27(62)30(65)33(68)40-14-37(15-41-34(69)31(66)28(63)25(60)18(50)11-47,16-42-35(70)32(67)29(64)26(61)19(51)12-48)13-39-20(52)1-2-38(44(8-22(55)56)9-23(57)58)3-4-43(7-21(53)54)5-6-45(38)36(71)72/h17-19,24-32,46-51,59-67H,1-16H2,(H,39,52)(H,40,68)(H,41,69)(H,42,70)(H,53,54)(H,55,56)(H,57,58)(H,71,72). The van der Waals surface area contributed by atoms with E-state index in [2.05, 4.69) is 5.32 Å². The summed E-state index contributed by atoms with van der Waals surface area (Å²) in [5.74, 6) is -10.7. The third-order valence-corrected chi connectivity index (χ3v) is 11.7. The van der Waals surface area contributed by atoms with E-state index in [0.717, 1.165) is 4.90 Å². The number of carbonyl (C=O) groups excluding carboxylic acids is 4. The first-order valence-electron chi connectivity index (χ1n) is 21.7. The summed E-state index contributed by atoms with van der Waals surface area (Å²) in [6, 6.07) is 0. The SMILES string of the molecule is O=C(O)CN1CCN(C(=O)O)C(CCC(=O)NCC(CNC(=O)C(O)C(O)C(O)C(O)CO)(CNC(=O)C(O)C(O)C(O)C(O)CO)CNC(=O)C(O)C(O)C(O)C(O)CO)(N(CC(=O)O)CC(=O)O)CC1. The van der Waals surface area contributed by atoms with Crippen LogP contribution in [-0.2, 0) is 33.6 Å². The van der Waals surface area contributed by atoms with Gasteiger partial charge in [0.15, 0.2) is 18.3 Å². The monoisotopic (exact) mass is 1050 g/mol. The molecule has 1 rings (SSSR count). The topological polar surface area (TPSA) is 579 Å². The molecule has 0 bridgehead atoms. The third-order valence-electron chi connectivity index (χ3n) is 11.7. The number of nitrogens with one attached hydrogen (secondary N) is 4. The Labute approximate surface area is 407 Å². The zero-order chi connectivity index (χ0) is 55.4. The van der Waals surface area contributed by atoms with Crippen LogP contribution < -0.4 is 21.3 Å². The predicted octanol–water partition coefficient (Wildman–Crippen LogP) is -13.5. The molecule has 0 spiro atoms. The van der Waals surface area contributed by atoms with Crippen molar-refractivity contribution in [2.45, 2.75) is 98.2 Å². The van der Waals surface area contributed by atoms with E-state index in [1.54, 1.807) is 0 Å². The molecule has 0 aromatic rings. The molecule has 0 aliphatic carbocycles. The largest absolute Gasteiger partial charge is 0.480 e. The molecule has 0 radical (unpaired) electrons. The fourth-order valence-electron chi connectivity index (χ4n) is 7.31. The quantitative estimate of drug-likeness (QED) is 0.0290. The van der Waals surface area contributed by atoms with Crippen LogP contribution in [0.25, 0.3) is 0 Å². The molecule has 1 saturated heterocycles. The number of carbonyl (C=O) groups is 8. The predicted molar refractivity (Wildman–Crippen MR) is 230 cm³/mol. The summed E-state index contributed by atoms with van der Waals surface area (Å²) in [5.41, 5.74) is -4.46. The molecule has 1 aliphatic heterocycles. The van der Waals surface area contributed by atoms with Gasteiger partial charge in [0.2, 0.25) is 5.91 Å². The lowest BCUT2D eigenvalue weighted by Crippen LogP contribution is -2.64. The number of nitrogens with zero attached hydrogens (tertiary/aromatic N) is 3. The molecule has 1 aliphatic rings. The summed E-state index contributed by atoms with van der Waals surface area (Å²) in [6.07, 6.45) is -33.0. The third kappa shape index (κ3) is 19.1. The van der Waals surface area contributed by atoms with Crippen LogP contribution in [-0.4, -0.2) is 324 Å². The second kappa shape index (κ2) is 30.2. The normalized spacial score (nSPS) is 21.4. The first-order chi connectivity index (χ1) is 33.4. The van der Waals surface area contributed by atoms with E-state index in [9.17, 15) is 120 Å². The number of carboxylic acid groups (broad SMARTS) is 4. The molecule has 34 heteroatoms. The van der Waals surface area contributed by atoms with Crippen molar-refractivity contribution < 1.29 is 135 Å². The number of carboxylic acids is 3. The van der Waals surface area contributed by atoms with Gasteiger partial charge in [-0.05, 0) is 12.8 Å². The molecule has 1 heterocycles. The number of hydrogen-bond donors (Lipinski definition) is 23. The van der Waals surface area contributed by atoms with E-state index in [1.165, 1.54) is 4.90 Å². The Hall–Kier alpha value is -5.12. The number of aliphatic hydroxyl groups excluding tert-OH is 15. The molecule has 1 fully saturated rings. The Bertz CT molecular complexity index is 1680. The second-order valence-electron chi connectivity index (χ2n) is 16.9. The van der Waals surface area contributed by atoms with Gasteiger partial charge in [-0.2, -0.15) is 0 Å². The van der Waals surface area contributed by atoms with Crippen LogP contribution in [0, 0.1) is 5.41 Å². The van der Waals surface area contributed by atoms with Crippen molar-refractivity contribution in [2.75, 3.05) is 85.3 Å². The number of rotatable bonds is 33. The first kappa shape index (κ1) is 64.9. The van der Waals surface area contributed by atoms with Gasteiger partial charge in [0, 0.05) is 57.6 Å². The molecule has 0 saturated carbocycles. The minimum absolute atomic E-state index is 0.266.